The van der Waals surface area contributed by atoms with Crippen LogP contribution in [-0.2, 0) is 4.79 Å². The molecule has 19 heavy (non-hydrogen) atoms. The Balaban J connectivity index is 1.92. The maximum atomic E-state index is 13.3. The molecule has 0 aliphatic heterocycles. The van der Waals surface area contributed by atoms with Gasteiger partial charge in [-0.2, -0.15) is 0 Å². The van der Waals surface area contributed by atoms with E-state index >= 15 is 0 Å². The molecule has 0 bridgehead atoms. The van der Waals surface area contributed by atoms with E-state index < -0.39 is 11.6 Å². The van der Waals surface area contributed by atoms with Crippen molar-refractivity contribution in [2.75, 3.05) is 17.2 Å². The summed E-state index contributed by atoms with van der Waals surface area (Å²) >= 11 is 0. The molecule has 2 rings (SSSR count). The molecule has 0 spiro atoms. The minimum atomic E-state index is -0.991. The smallest absolute Gasteiger partial charge is 0.243 e. The summed E-state index contributed by atoms with van der Waals surface area (Å²) in [7, 11) is 0. The topological polar surface area (TPSA) is 41.1 Å². The van der Waals surface area contributed by atoms with Gasteiger partial charge in [-0.15, -0.1) is 0 Å². The number of nitrogens with one attached hydrogen (secondary N) is 2. The lowest BCUT2D eigenvalue weighted by atomic mass is 10.3. The summed E-state index contributed by atoms with van der Waals surface area (Å²) in [6, 6.07) is 12.6. The summed E-state index contributed by atoms with van der Waals surface area (Å²) in [6.07, 6.45) is 0. The first kappa shape index (κ1) is 13.0. The summed E-state index contributed by atoms with van der Waals surface area (Å²) in [5.74, 6) is -2.28. The van der Waals surface area contributed by atoms with Gasteiger partial charge in [-0.1, -0.05) is 24.3 Å². The summed E-state index contributed by atoms with van der Waals surface area (Å²) in [4.78, 5) is 11.6. The molecule has 0 aliphatic rings. The Bertz CT molecular complexity index is 573. The van der Waals surface area contributed by atoms with Crippen LogP contribution in [0, 0.1) is 11.6 Å². The number of hydrogen-bond acceptors (Lipinski definition) is 2. The van der Waals surface area contributed by atoms with E-state index in [1.165, 1.54) is 12.1 Å². The summed E-state index contributed by atoms with van der Waals surface area (Å²) in [5, 5.41) is 5.18. The Morgan fingerprint density at radius 2 is 1.74 bits per heavy atom. The van der Waals surface area contributed by atoms with Crippen molar-refractivity contribution in [2.45, 2.75) is 0 Å². The number of hydrogen-bond donors (Lipinski definition) is 2. The fourth-order valence-corrected chi connectivity index (χ4v) is 1.54. The van der Waals surface area contributed by atoms with Crippen molar-refractivity contribution >= 4 is 17.3 Å². The van der Waals surface area contributed by atoms with E-state index in [1.54, 1.807) is 24.3 Å². The van der Waals surface area contributed by atoms with E-state index in [9.17, 15) is 13.6 Å². The average molecular weight is 262 g/mol. The van der Waals surface area contributed by atoms with Gasteiger partial charge in [-0.05, 0) is 24.3 Å². The molecule has 0 heterocycles. The fraction of sp³-hybridized carbons (Fsp3) is 0.0714. The lowest BCUT2D eigenvalue weighted by Crippen LogP contribution is -2.22. The van der Waals surface area contributed by atoms with Gasteiger partial charge in [0.25, 0.3) is 0 Å². The number of benzene rings is 2. The zero-order valence-corrected chi connectivity index (χ0v) is 9.99. The van der Waals surface area contributed by atoms with Gasteiger partial charge in [-0.25, -0.2) is 8.78 Å². The second-order valence-corrected chi connectivity index (χ2v) is 3.87. The molecule has 0 aliphatic carbocycles. The lowest BCUT2D eigenvalue weighted by molar-refractivity contribution is -0.114. The largest absolute Gasteiger partial charge is 0.374 e. The maximum Gasteiger partial charge on any atom is 0.243 e. The van der Waals surface area contributed by atoms with Crippen LogP contribution in [0.25, 0.3) is 0 Å². The highest BCUT2D eigenvalue weighted by molar-refractivity contribution is 5.93. The van der Waals surface area contributed by atoms with E-state index in [0.717, 1.165) is 6.07 Å². The van der Waals surface area contributed by atoms with Crippen molar-refractivity contribution < 1.29 is 13.6 Å². The molecule has 0 atom stereocenters. The Morgan fingerprint density at radius 3 is 2.47 bits per heavy atom. The van der Waals surface area contributed by atoms with Gasteiger partial charge in [-0.3, -0.25) is 4.79 Å². The number of rotatable bonds is 4. The van der Waals surface area contributed by atoms with Gasteiger partial charge >= 0.3 is 0 Å². The minimum absolute atomic E-state index is 0.0387. The Morgan fingerprint density at radius 1 is 1.00 bits per heavy atom. The predicted octanol–water partition coefficient (Wildman–Crippen LogP) is 3.02. The highest BCUT2D eigenvalue weighted by Gasteiger charge is 2.08. The standard InChI is InChI=1S/C14H12F2N2O/c15-11-7-4-8-12(14(11)16)17-9-13(19)18-10-5-2-1-3-6-10/h1-8,17H,9H2,(H,18,19). The molecule has 0 saturated carbocycles. The van der Waals surface area contributed by atoms with Gasteiger partial charge in [0.1, 0.15) is 0 Å². The van der Waals surface area contributed by atoms with E-state index in [2.05, 4.69) is 10.6 Å². The normalized spacial score (nSPS) is 10.0. The van der Waals surface area contributed by atoms with Crippen LogP contribution in [0.2, 0.25) is 0 Å². The zero-order chi connectivity index (χ0) is 13.7. The summed E-state index contributed by atoms with van der Waals surface area (Å²) < 4.78 is 26.2. The average Bonchev–Trinajstić information content (AvgIpc) is 2.42. The third-order valence-corrected chi connectivity index (χ3v) is 2.45. The van der Waals surface area contributed by atoms with E-state index in [-0.39, 0.29) is 18.1 Å². The van der Waals surface area contributed by atoms with Crippen molar-refractivity contribution in [3.05, 3.63) is 60.2 Å². The quantitative estimate of drug-likeness (QED) is 0.889. The number of carbonyl (C=O) groups excluding carboxylic acids is 1. The van der Waals surface area contributed by atoms with Gasteiger partial charge in [0, 0.05) is 5.69 Å². The first-order valence-electron chi connectivity index (χ1n) is 5.69. The Labute approximate surface area is 109 Å². The molecule has 0 aromatic heterocycles. The fourth-order valence-electron chi connectivity index (χ4n) is 1.54. The van der Waals surface area contributed by atoms with Crippen molar-refractivity contribution in [1.29, 1.82) is 0 Å². The molecule has 0 radical (unpaired) electrons. The monoisotopic (exact) mass is 262 g/mol. The SMILES string of the molecule is O=C(CNc1cccc(F)c1F)Nc1ccccc1. The summed E-state index contributed by atoms with van der Waals surface area (Å²) in [6.45, 7) is -0.144. The van der Waals surface area contributed by atoms with Crippen LogP contribution in [0.5, 0.6) is 0 Å². The number of anilines is 2. The number of carbonyl (C=O) groups is 1. The van der Waals surface area contributed by atoms with E-state index in [4.69, 9.17) is 0 Å². The van der Waals surface area contributed by atoms with Crippen LogP contribution in [0.3, 0.4) is 0 Å². The van der Waals surface area contributed by atoms with Crippen LogP contribution in [0.15, 0.2) is 48.5 Å². The van der Waals surface area contributed by atoms with Crippen LogP contribution < -0.4 is 10.6 Å². The second-order valence-electron chi connectivity index (χ2n) is 3.87. The molecular formula is C14H12F2N2O. The minimum Gasteiger partial charge on any atom is -0.374 e. The van der Waals surface area contributed by atoms with Crippen LogP contribution in [0.4, 0.5) is 20.2 Å². The van der Waals surface area contributed by atoms with E-state index in [0.29, 0.717) is 5.69 Å². The molecule has 98 valence electrons. The molecule has 1 amide bonds. The molecule has 2 aromatic rings. The first-order valence-corrected chi connectivity index (χ1v) is 5.69. The number of halogens is 2. The first-order chi connectivity index (χ1) is 9.16. The summed E-state index contributed by atoms with van der Waals surface area (Å²) in [5.41, 5.74) is 0.609. The van der Waals surface area contributed by atoms with Gasteiger partial charge in [0.05, 0.1) is 12.2 Å². The van der Waals surface area contributed by atoms with Crippen molar-refractivity contribution in [1.82, 2.24) is 0 Å². The van der Waals surface area contributed by atoms with Crippen LogP contribution in [-0.4, -0.2) is 12.5 Å². The second kappa shape index (κ2) is 5.95. The van der Waals surface area contributed by atoms with Gasteiger partial charge in [0.2, 0.25) is 5.91 Å². The van der Waals surface area contributed by atoms with Crippen LogP contribution >= 0.6 is 0 Å². The third kappa shape index (κ3) is 3.51. The van der Waals surface area contributed by atoms with Gasteiger partial charge in [0.15, 0.2) is 11.6 Å². The highest BCUT2D eigenvalue weighted by Crippen LogP contribution is 2.16. The molecule has 0 fully saturated rings. The molecule has 5 heteroatoms. The number of para-hydroxylation sites is 1. The lowest BCUT2D eigenvalue weighted by Gasteiger charge is -2.08. The van der Waals surface area contributed by atoms with E-state index in [1.807, 2.05) is 6.07 Å². The molecule has 3 nitrogen and oxygen atoms in total. The third-order valence-electron chi connectivity index (χ3n) is 2.45. The van der Waals surface area contributed by atoms with Gasteiger partial charge < -0.3 is 10.6 Å². The van der Waals surface area contributed by atoms with Crippen molar-refractivity contribution in [3.63, 3.8) is 0 Å². The zero-order valence-electron chi connectivity index (χ0n) is 9.99. The maximum absolute atomic E-state index is 13.3. The van der Waals surface area contributed by atoms with Crippen molar-refractivity contribution in [3.8, 4) is 0 Å². The van der Waals surface area contributed by atoms with Crippen LogP contribution in [0.1, 0.15) is 0 Å². The van der Waals surface area contributed by atoms with Crippen molar-refractivity contribution in [2.24, 2.45) is 0 Å². The Kier molecular flexibility index (Phi) is 4.07. The molecule has 2 aromatic carbocycles. The highest BCUT2D eigenvalue weighted by atomic mass is 19.2. The number of amides is 1. The molecule has 0 saturated heterocycles. The molecular weight excluding hydrogens is 250 g/mol. The Hall–Kier alpha value is -2.43. The molecule has 2 N–H and O–H groups in total. The predicted molar refractivity (Wildman–Crippen MR) is 69.9 cm³/mol. The molecule has 0 unspecified atom stereocenters.